The van der Waals surface area contributed by atoms with Crippen LogP contribution in [0.2, 0.25) is 0 Å². The van der Waals surface area contributed by atoms with Crippen molar-refractivity contribution in [2.45, 2.75) is 0 Å². The Bertz CT molecular complexity index is 3230. The Morgan fingerprint density at radius 3 is 1.70 bits per heavy atom. The van der Waals surface area contributed by atoms with Gasteiger partial charge in [0.1, 0.15) is 16.9 Å². The van der Waals surface area contributed by atoms with Gasteiger partial charge in [0.05, 0.1) is 11.2 Å². The molecule has 6 heteroatoms. The van der Waals surface area contributed by atoms with Gasteiger partial charge in [0, 0.05) is 49.5 Å². The molecule has 11 aromatic rings. The first-order valence-corrected chi connectivity index (χ1v) is 18.7. The smallest absolute Gasteiger partial charge is 0.164 e. The molecule has 0 spiro atoms. The van der Waals surface area contributed by atoms with Gasteiger partial charge in [-0.25, -0.2) is 19.5 Å². The summed E-state index contributed by atoms with van der Waals surface area (Å²) >= 11 is 0. The SMILES string of the molecule is c1ccc(-c2nc(-c3ccc(-c4nn5c(-c6ccccc6)cc6ccccc6c5c4-c4ccccc4)cc3)nc(-c3cccc4oc5ccccc5c34)n2)cc1. The summed E-state index contributed by atoms with van der Waals surface area (Å²) in [5.41, 5.74) is 11.6. The second kappa shape index (κ2) is 13.0. The van der Waals surface area contributed by atoms with Crippen LogP contribution in [-0.2, 0) is 0 Å². The molecule has 0 aliphatic carbocycles. The van der Waals surface area contributed by atoms with Gasteiger partial charge in [0.25, 0.3) is 0 Å². The standard InChI is InChI=1S/C50H31N5O/c1-4-15-32(16-5-1)41-31-37-21-10-11-22-38(37)47-44(33-17-6-2-7-18-33)46(54-55(41)47)34-27-29-36(30-28-34)49-51-48(35-19-8-3-9-20-35)52-50(53-49)40-24-14-26-43-45(40)39-23-12-13-25-42(39)56-43/h1-31H. The second-order valence-corrected chi connectivity index (χ2v) is 13.9. The minimum Gasteiger partial charge on any atom is -0.456 e. The van der Waals surface area contributed by atoms with E-state index in [0.717, 1.165) is 88.6 Å². The Labute approximate surface area is 322 Å². The fourth-order valence-electron chi connectivity index (χ4n) is 7.86. The molecule has 6 nitrogen and oxygen atoms in total. The highest BCUT2D eigenvalue weighted by atomic mass is 16.3. The lowest BCUT2D eigenvalue weighted by Gasteiger charge is -2.10. The normalized spacial score (nSPS) is 11.6. The Kier molecular flexibility index (Phi) is 7.38. The van der Waals surface area contributed by atoms with Crippen molar-refractivity contribution >= 4 is 38.2 Å². The number of para-hydroxylation sites is 1. The van der Waals surface area contributed by atoms with Crippen LogP contribution in [-0.4, -0.2) is 24.6 Å². The highest BCUT2D eigenvalue weighted by Gasteiger charge is 2.22. The first-order chi connectivity index (χ1) is 27.8. The summed E-state index contributed by atoms with van der Waals surface area (Å²) in [5.74, 6) is 1.77. The molecule has 11 rings (SSSR count). The Morgan fingerprint density at radius 2 is 0.964 bits per heavy atom. The van der Waals surface area contributed by atoms with Gasteiger partial charge in [-0.15, -0.1) is 0 Å². The number of furan rings is 1. The molecule has 0 bridgehead atoms. The second-order valence-electron chi connectivity index (χ2n) is 13.9. The van der Waals surface area contributed by atoms with E-state index >= 15 is 0 Å². The minimum absolute atomic E-state index is 0.584. The number of hydrogen-bond acceptors (Lipinski definition) is 5. The molecular weight excluding hydrogens is 687 g/mol. The van der Waals surface area contributed by atoms with Crippen molar-refractivity contribution in [2.75, 3.05) is 0 Å². The van der Waals surface area contributed by atoms with E-state index in [0.29, 0.717) is 17.5 Å². The van der Waals surface area contributed by atoms with Crippen molar-refractivity contribution in [3.8, 4) is 67.8 Å². The average molecular weight is 718 g/mol. The number of hydrogen-bond donors (Lipinski definition) is 0. The quantitative estimate of drug-likeness (QED) is 0.171. The largest absolute Gasteiger partial charge is 0.456 e. The molecule has 0 saturated carbocycles. The first kappa shape index (κ1) is 31.8. The van der Waals surface area contributed by atoms with Gasteiger partial charge in [0.15, 0.2) is 17.5 Å². The molecule has 0 radical (unpaired) electrons. The van der Waals surface area contributed by atoms with E-state index in [9.17, 15) is 0 Å². The molecule has 0 aliphatic heterocycles. The Balaban J connectivity index is 1.11. The third kappa shape index (κ3) is 5.27. The molecule has 4 heterocycles. The summed E-state index contributed by atoms with van der Waals surface area (Å²) < 4.78 is 8.36. The number of rotatable bonds is 6. The molecular formula is C50H31N5O. The Hall–Kier alpha value is -7.70. The van der Waals surface area contributed by atoms with Crippen LogP contribution in [0.15, 0.2) is 192 Å². The van der Waals surface area contributed by atoms with E-state index in [1.807, 2.05) is 66.7 Å². The molecule has 0 aliphatic rings. The maximum Gasteiger partial charge on any atom is 0.164 e. The molecule has 0 unspecified atom stereocenters. The van der Waals surface area contributed by atoms with Gasteiger partial charge in [-0.1, -0.05) is 170 Å². The minimum atomic E-state index is 0.584. The number of aromatic nitrogens is 5. The van der Waals surface area contributed by atoms with Crippen molar-refractivity contribution in [1.29, 1.82) is 0 Å². The maximum atomic E-state index is 6.24. The van der Waals surface area contributed by atoms with Gasteiger partial charge in [-0.3, -0.25) is 0 Å². The molecule has 0 amide bonds. The number of pyridine rings is 1. The lowest BCUT2D eigenvalue weighted by atomic mass is 9.96. The molecule has 0 fully saturated rings. The number of fused-ring (bicyclic) bond motifs is 6. The highest BCUT2D eigenvalue weighted by Crippen LogP contribution is 2.42. The topological polar surface area (TPSA) is 69.1 Å². The van der Waals surface area contributed by atoms with Crippen LogP contribution in [0.5, 0.6) is 0 Å². The molecule has 7 aromatic carbocycles. The molecule has 0 N–H and O–H groups in total. The van der Waals surface area contributed by atoms with Crippen molar-refractivity contribution in [2.24, 2.45) is 0 Å². The van der Waals surface area contributed by atoms with Gasteiger partial charge in [0.2, 0.25) is 0 Å². The van der Waals surface area contributed by atoms with Crippen LogP contribution in [0.3, 0.4) is 0 Å². The van der Waals surface area contributed by atoms with Gasteiger partial charge >= 0.3 is 0 Å². The zero-order chi connectivity index (χ0) is 37.0. The predicted molar refractivity (Wildman–Crippen MR) is 226 cm³/mol. The summed E-state index contributed by atoms with van der Waals surface area (Å²) in [6.45, 7) is 0. The van der Waals surface area contributed by atoms with Crippen LogP contribution in [0.25, 0.3) is 106 Å². The highest BCUT2D eigenvalue weighted by molar-refractivity contribution is 6.12. The lowest BCUT2D eigenvalue weighted by molar-refractivity contribution is 0.669. The van der Waals surface area contributed by atoms with Gasteiger partial charge in [-0.05, 0) is 29.1 Å². The summed E-state index contributed by atoms with van der Waals surface area (Å²) in [4.78, 5) is 15.2. The van der Waals surface area contributed by atoms with Crippen LogP contribution in [0.4, 0.5) is 0 Å². The number of nitrogens with zero attached hydrogens (tertiary/aromatic N) is 5. The third-order valence-corrected chi connectivity index (χ3v) is 10.5. The van der Waals surface area contributed by atoms with Crippen LogP contribution < -0.4 is 0 Å². The van der Waals surface area contributed by atoms with Gasteiger partial charge < -0.3 is 4.42 Å². The molecule has 262 valence electrons. The van der Waals surface area contributed by atoms with E-state index in [-0.39, 0.29) is 0 Å². The molecule has 0 saturated heterocycles. The summed E-state index contributed by atoms with van der Waals surface area (Å²) in [5, 5.41) is 9.73. The third-order valence-electron chi connectivity index (χ3n) is 10.5. The maximum absolute atomic E-state index is 6.24. The van der Waals surface area contributed by atoms with E-state index in [2.05, 4.69) is 126 Å². The predicted octanol–water partition coefficient (Wildman–Crippen LogP) is 12.6. The Morgan fingerprint density at radius 1 is 0.411 bits per heavy atom. The zero-order valence-electron chi connectivity index (χ0n) is 30.0. The van der Waals surface area contributed by atoms with Crippen LogP contribution in [0, 0.1) is 0 Å². The first-order valence-electron chi connectivity index (χ1n) is 18.7. The number of benzene rings is 7. The fraction of sp³-hybridized carbons (Fsp3) is 0. The summed E-state index contributed by atoms with van der Waals surface area (Å²) in [6.07, 6.45) is 0. The van der Waals surface area contributed by atoms with Crippen molar-refractivity contribution in [3.63, 3.8) is 0 Å². The van der Waals surface area contributed by atoms with E-state index in [4.69, 9.17) is 24.5 Å². The van der Waals surface area contributed by atoms with Crippen LogP contribution in [0.1, 0.15) is 0 Å². The van der Waals surface area contributed by atoms with Crippen molar-refractivity contribution in [3.05, 3.63) is 188 Å². The van der Waals surface area contributed by atoms with Crippen molar-refractivity contribution in [1.82, 2.24) is 24.6 Å². The van der Waals surface area contributed by atoms with Crippen LogP contribution >= 0.6 is 0 Å². The molecule has 0 atom stereocenters. The van der Waals surface area contributed by atoms with Crippen molar-refractivity contribution < 1.29 is 4.42 Å². The summed E-state index contributed by atoms with van der Waals surface area (Å²) in [7, 11) is 0. The van der Waals surface area contributed by atoms with E-state index < -0.39 is 0 Å². The fourth-order valence-corrected chi connectivity index (χ4v) is 7.86. The molecule has 56 heavy (non-hydrogen) atoms. The average Bonchev–Trinajstić information content (AvgIpc) is 3.87. The lowest BCUT2D eigenvalue weighted by Crippen LogP contribution is -2.00. The van der Waals surface area contributed by atoms with E-state index in [1.165, 1.54) is 0 Å². The zero-order valence-corrected chi connectivity index (χ0v) is 30.0. The van der Waals surface area contributed by atoms with Gasteiger partial charge in [-0.2, -0.15) is 5.10 Å². The van der Waals surface area contributed by atoms with E-state index in [1.54, 1.807) is 0 Å². The molecule has 4 aromatic heterocycles. The summed E-state index contributed by atoms with van der Waals surface area (Å²) in [6, 6.07) is 64.5. The monoisotopic (exact) mass is 717 g/mol.